The summed E-state index contributed by atoms with van der Waals surface area (Å²) in [7, 11) is 1.75. The molecule has 2 saturated heterocycles. The van der Waals surface area contributed by atoms with Crippen molar-refractivity contribution in [2.75, 3.05) is 33.4 Å². The van der Waals surface area contributed by atoms with E-state index in [0.29, 0.717) is 5.92 Å². The Kier molecular flexibility index (Phi) is 5.74. The Bertz CT molecular complexity index is 443. The van der Waals surface area contributed by atoms with Crippen LogP contribution in [-0.2, 0) is 11.2 Å². The Morgan fingerprint density at radius 2 is 1.86 bits per heavy atom. The van der Waals surface area contributed by atoms with Crippen molar-refractivity contribution < 1.29 is 9.47 Å². The minimum atomic E-state index is 0.710. The molecule has 0 amide bonds. The summed E-state index contributed by atoms with van der Waals surface area (Å²) in [5, 5.41) is 0. The molecule has 122 valence electrons. The Morgan fingerprint density at radius 3 is 2.68 bits per heavy atom. The van der Waals surface area contributed by atoms with Crippen LogP contribution in [0.2, 0.25) is 0 Å². The summed E-state index contributed by atoms with van der Waals surface area (Å²) in [4.78, 5) is 2.70. The SMILES string of the molecule is COCCc1ccc(OC[C@@H]2CCCN3CCCC[C@H]23)cc1. The second-order valence-corrected chi connectivity index (χ2v) is 6.70. The Balaban J connectivity index is 1.50. The molecule has 3 heteroatoms. The summed E-state index contributed by atoms with van der Waals surface area (Å²) in [6, 6.07) is 9.28. The topological polar surface area (TPSA) is 21.7 Å². The lowest BCUT2D eigenvalue weighted by Gasteiger charge is -2.44. The first-order valence-electron chi connectivity index (χ1n) is 8.81. The Labute approximate surface area is 134 Å². The van der Waals surface area contributed by atoms with Crippen LogP contribution in [0.15, 0.2) is 24.3 Å². The number of ether oxygens (including phenoxy) is 2. The molecule has 0 radical (unpaired) electrons. The molecule has 0 aromatic heterocycles. The zero-order valence-electron chi connectivity index (χ0n) is 13.8. The Hall–Kier alpha value is -1.06. The van der Waals surface area contributed by atoms with Gasteiger partial charge in [0.05, 0.1) is 13.2 Å². The van der Waals surface area contributed by atoms with E-state index in [1.165, 1.54) is 50.8 Å². The van der Waals surface area contributed by atoms with Gasteiger partial charge in [-0.15, -0.1) is 0 Å². The van der Waals surface area contributed by atoms with Crippen LogP contribution in [0, 0.1) is 5.92 Å². The Morgan fingerprint density at radius 1 is 1.05 bits per heavy atom. The fraction of sp³-hybridized carbons (Fsp3) is 0.684. The van der Waals surface area contributed by atoms with Crippen LogP contribution < -0.4 is 4.74 Å². The van der Waals surface area contributed by atoms with Gasteiger partial charge >= 0.3 is 0 Å². The molecule has 1 aromatic carbocycles. The largest absolute Gasteiger partial charge is 0.493 e. The molecule has 0 spiro atoms. The maximum Gasteiger partial charge on any atom is 0.119 e. The van der Waals surface area contributed by atoms with Crippen LogP contribution in [0.5, 0.6) is 5.75 Å². The second kappa shape index (κ2) is 7.98. The normalized spacial score (nSPS) is 25.7. The molecule has 2 fully saturated rings. The van der Waals surface area contributed by atoms with Crippen molar-refractivity contribution in [1.82, 2.24) is 4.90 Å². The summed E-state index contributed by atoms with van der Waals surface area (Å²) < 4.78 is 11.2. The summed E-state index contributed by atoms with van der Waals surface area (Å²) in [6.07, 6.45) is 7.77. The molecule has 0 N–H and O–H groups in total. The summed E-state index contributed by atoms with van der Waals surface area (Å²) >= 11 is 0. The van der Waals surface area contributed by atoms with Crippen LogP contribution >= 0.6 is 0 Å². The van der Waals surface area contributed by atoms with Crippen LogP contribution in [0.1, 0.15) is 37.7 Å². The average Bonchev–Trinajstić information content (AvgIpc) is 2.59. The molecule has 1 aromatic rings. The van der Waals surface area contributed by atoms with Crippen molar-refractivity contribution in [3.05, 3.63) is 29.8 Å². The number of fused-ring (bicyclic) bond motifs is 1. The molecular weight excluding hydrogens is 274 g/mol. The third-order valence-electron chi connectivity index (χ3n) is 5.21. The summed E-state index contributed by atoms with van der Waals surface area (Å²) in [5.74, 6) is 1.72. The molecule has 0 aliphatic carbocycles. The molecule has 22 heavy (non-hydrogen) atoms. The van der Waals surface area contributed by atoms with Gasteiger partial charge in [0.15, 0.2) is 0 Å². The predicted molar refractivity (Wildman–Crippen MR) is 89.5 cm³/mol. The molecule has 2 heterocycles. The smallest absolute Gasteiger partial charge is 0.119 e. The van der Waals surface area contributed by atoms with Gasteiger partial charge in [0.1, 0.15) is 5.75 Å². The van der Waals surface area contributed by atoms with Crippen molar-refractivity contribution in [2.45, 2.75) is 44.6 Å². The van der Waals surface area contributed by atoms with E-state index in [0.717, 1.165) is 31.4 Å². The van der Waals surface area contributed by atoms with Gasteiger partial charge in [-0.05, 0) is 62.9 Å². The number of hydrogen-bond donors (Lipinski definition) is 0. The molecule has 0 unspecified atom stereocenters. The van der Waals surface area contributed by atoms with E-state index < -0.39 is 0 Å². The predicted octanol–water partition coefficient (Wildman–Crippen LogP) is 3.52. The maximum absolute atomic E-state index is 6.10. The fourth-order valence-corrected chi connectivity index (χ4v) is 3.95. The van der Waals surface area contributed by atoms with Gasteiger partial charge in [0, 0.05) is 19.1 Å². The molecule has 0 saturated carbocycles. The molecule has 3 nitrogen and oxygen atoms in total. The maximum atomic E-state index is 6.10. The average molecular weight is 303 g/mol. The minimum Gasteiger partial charge on any atom is -0.493 e. The lowest BCUT2D eigenvalue weighted by molar-refractivity contribution is 0.0366. The highest BCUT2D eigenvalue weighted by molar-refractivity contribution is 5.27. The molecule has 2 aliphatic heterocycles. The molecule has 3 rings (SSSR count). The van der Waals surface area contributed by atoms with Crippen molar-refractivity contribution in [1.29, 1.82) is 0 Å². The number of methoxy groups -OCH3 is 1. The van der Waals surface area contributed by atoms with Crippen LogP contribution in [0.25, 0.3) is 0 Å². The monoisotopic (exact) mass is 303 g/mol. The van der Waals surface area contributed by atoms with E-state index >= 15 is 0 Å². The van der Waals surface area contributed by atoms with E-state index in [1.807, 2.05) is 0 Å². The van der Waals surface area contributed by atoms with Crippen LogP contribution in [0.4, 0.5) is 0 Å². The van der Waals surface area contributed by atoms with E-state index in [-0.39, 0.29) is 0 Å². The van der Waals surface area contributed by atoms with Gasteiger partial charge < -0.3 is 9.47 Å². The zero-order chi connectivity index (χ0) is 15.2. The van der Waals surface area contributed by atoms with Gasteiger partial charge in [-0.3, -0.25) is 4.90 Å². The molecule has 0 bridgehead atoms. The quantitative estimate of drug-likeness (QED) is 0.802. The highest BCUT2D eigenvalue weighted by atomic mass is 16.5. The van der Waals surface area contributed by atoms with E-state index in [2.05, 4.69) is 29.2 Å². The highest BCUT2D eigenvalue weighted by Crippen LogP contribution is 2.31. The van der Waals surface area contributed by atoms with Crippen molar-refractivity contribution in [2.24, 2.45) is 5.92 Å². The summed E-state index contributed by atoms with van der Waals surface area (Å²) in [5.41, 5.74) is 1.31. The standard InChI is InChI=1S/C19H29NO2/c1-21-14-11-16-7-9-18(10-8-16)22-15-17-5-4-13-20-12-3-2-6-19(17)20/h7-10,17,19H,2-6,11-15H2,1H3/t17-,19+/m0/s1. The first-order valence-corrected chi connectivity index (χ1v) is 8.81. The number of piperidine rings is 2. The van der Waals surface area contributed by atoms with Gasteiger partial charge in [-0.25, -0.2) is 0 Å². The van der Waals surface area contributed by atoms with Gasteiger partial charge in [-0.2, -0.15) is 0 Å². The third-order valence-corrected chi connectivity index (χ3v) is 5.21. The van der Waals surface area contributed by atoms with E-state index in [1.54, 1.807) is 7.11 Å². The second-order valence-electron chi connectivity index (χ2n) is 6.70. The number of hydrogen-bond acceptors (Lipinski definition) is 3. The zero-order valence-corrected chi connectivity index (χ0v) is 13.8. The van der Waals surface area contributed by atoms with Crippen molar-refractivity contribution in [3.63, 3.8) is 0 Å². The van der Waals surface area contributed by atoms with Gasteiger partial charge in [0.2, 0.25) is 0 Å². The first kappa shape index (κ1) is 15.8. The van der Waals surface area contributed by atoms with E-state index in [4.69, 9.17) is 9.47 Å². The van der Waals surface area contributed by atoms with Crippen LogP contribution in [0.3, 0.4) is 0 Å². The third kappa shape index (κ3) is 4.02. The first-order chi connectivity index (χ1) is 10.9. The lowest BCUT2D eigenvalue weighted by atomic mass is 9.84. The molecule has 2 aliphatic rings. The van der Waals surface area contributed by atoms with Gasteiger partial charge in [0.25, 0.3) is 0 Å². The van der Waals surface area contributed by atoms with Gasteiger partial charge in [-0.1, -0.05) is 18.6 Å². The van der Waals surface area contributed by atoms with Crippen LogP contribution in [-0.4, -0.2) is 44.4 Å². The fourth-order valence-electron chi connectivity index (χ4n) is 3.95. The highest BCUT2D eigenvalue weighted by Gasteiger charge is 2.33. The number of rotatable bonds is 6. The molecular formula is C19H29NO2. The lowest BCUT2D eigenvalue weighted by Crippen LogP contribution is -2.49. The van der Waals surface area contributed by atoms with Crippen molar-refractivity contribution in [3.8, 4) is 5.75 Å². The minimum absolute atomic E-state index is 0.710. The van der Waals surface area contributed by atoms with Crippen molar-refractivity contribution >= 4 is 0 Å². The number of benzene rings is 1. The molecule has 2 atom stereocenters. The summed E-state index contributed by atoms with van der Waals surface area (Å²) in [6.45, 7) is 4.25. The van der Waals surface area contributed by atoms with E-state index in [9.17, 15) is 0 Å². The number of nitrogens with zero attached hydrogens (tertiary/aromatic N) is 1.